The van der Waals surface area contributed by atoms with Gasteiger partial charge in [-0.1, -0.05) is 42.0 Å². The van der Waals surface area contributed by atoms with Crippen molar-refractivity contribution in [1.29, 1.82) is 5.26 Å². The highest BCUT2D eigenvalue weighted by molar-refractivity contribution is 5.95. The second-order valence-corrected chi connectivity index (χ2v) is 6.16. The molecule has 0 aliphatic rings. The van der Waals surface area contributed by atoms with Crippen LogP contribution < -0.4 is 5.73 Å². The number of aromatic nitrogens is 1. The van der Waals surface area contributed by atoms with Gasteiger partial charge in [-0.15, -0.1) is 0 Å². The van der Waals surface area contributed by atoms with Crippen molar-refractivity contribution in [3.8, 4) is 17.3 Å². The first kappa shape index (κ1) is 16.5. The average Bonchev–Trinajstić information content (AvgIpc) is 2.92. The summed E-state index contributed by atoms with van der Waals surface area (Å²) in [5.74, 6) is -0.446. The standard InChI is InChI=1S/C21H19N3O/c1-14-5-3-7-17(9-14)13-24-15(2)19(21(23)25)11-20(24)18-8-4-6-16(10-18)12-22/h3-11H,13H2,1-2H3,(H2,23,25). The zero-order valence-corrected chi connectivity index (χ0v) is 14.3. The molecule has 0 fully saturated rings. The van der Waals surface area contributed by atoms with E-state index in [1.807, 2.05) is 37.3 Å². The van der Waals surface area contributed by atoms with Gasteiger partial charge in [0.25, 0.3) is 5.91 Å². The monoisotopic (exact) mass is 329 g/mol. The lowest BCUT2D eigenvalue weighted by molar-refractivity contribution is 0.0999. The van der Waals surface area contributed by atoms with Crippen molar-refractivity contribution in [3.05, 3.63) is 82.5 Å². The van der Waals surface area contributed by atoms with Gasteiger partial charge in [-0.25, -0.2) is 0 Å². The molecule has 0 saturated heterocycles. The predicted octanol–water partition coefficient (Wildman–Crippen LogP) is 3.79. The first-order valence-electron chi connectivity index (χ1n) is 8.05. The molecule has 124 valence electrons. The summed E-state index contributed by atoms with van der Waals surface area (Å²) in [6.07, 6.45) is 0. The van der Waals surface area contributed by atoms with Gasteiger partial charge in [0.05, 0.1) is 17.2 Å². The maximum Gasteiger partial charge on any atom is 0.250 e. The molecule has 0 atom stereocenters. The number of carbonyl (C=O) groups is 1. The van der Waals surface area contributed by atoms with E-state index in [1.165, 1.54) is 5.56 Å². The number of rotatable bonds is 4. The Morgan fingerprint density at radius 1 is 1.12 bits per heavy atom. The second kappa shape index (κ2) is 6.66. The Bertz CT molecular complexity index is 993. The molecule has 0 spiro atoms. The summed E-state index contributed by atoms with van der Waals surface area (Å²) in [5, 5.41) is 9.16. The summed E-state index contributed by atoms with van der Waals surface area (Å²) < 4.78 is 2.07. The topological polar surface area (TPSA) is 71.8 Å². The molecule has 0 saturated carbocycles. The quantitative estimate of drug-likeness (QED) is 0.791. The Hall–Kier alpha value is -3.32. The summed E-state index contributed by atoms with van der Waals surface area (Å²) in [6.45, 7) is 4.58. The number of benzene rings is 2. The molecule has 1 aromatic heterocycles. The molecular formula is C21H19N3O. The lowest BCUT2D eigenvalue weighted by Crippen LogP contribution is -2.12. The molecule has 0 aliphatic carbocycles. The zero-order valence-electron chi connectivity index (χ0n) is 14.3. The fourth-order valence-corrected chi connectivity index (χ4v) is 3.08. The van der Waals surface area contributed by atoms with E-state index in [4.69, 9.17) is 11.0 Å². The van der Waals surface area contributed by atoms with E-state index < -0.39 is 5.91 Å². The first-order chi connectivity index (χ1) is 12.0. The van der Waals surface area contributed by atoms with Gasteiger partial charge in [-0.05, 0) is 43.2 Å². The summed E-state index contributed by atoms with van der Waals surface area (Å²) >= 11 is 0. The summed E-state index contributed by atoms with van der Waals surface area (Å²) in [4.78, 5) is 11.8. The summed E-state index contributed by atoms with van der Waals surface area (Å²) in [5.41, 5.74) is 11.6. The Kier molecular flexibility index (Phi) is 4.40. The molecule has 25 heavy (non-hydrogen) atoms. The van der Waals surface area contributed by atoms with Crippen molar-refractivity contribution in [3.63, 3.8) is 0 Å². The highest BCUT2D eigenvalue weighted by atomic mass is 16.1. The van der Waals surface area contributed by atoms with Crippen LogP contribution in [0.1, 0.15) is 32.7 Å². The van der Waals surface area contributed by atoms with E-state index in [0.29, 0.717) is 17.7 Å². The average molecular weight is 329 g/mol. The van der Waals surface area contributed by atoms with Crippen LogP contribution in [0.5, 0.6) is 0 Å². The van der Waals surface area contributed by atoms with Crippen molar-refractivity contribution in [2.24, 2.45) is 5.73 Å². The maximum absolute atomic E-state index is 11.8. The third-order valence-corrected chi connectivity index (χ3v) is 4.34. The summed E-state index contributed by atoms with van der Waals surface area (Å²) in [7, 11) is 0. The second-order valence-electron chi connectivity index (χ2n) is 6.16. The molecule has 2 aromatic carbocycles. The van der Waals surface area contributed by atoms with Crippen molar-refractivity contribution >= 4 is 5.91 Å². The maximum atomic E-state index is 11.8. The minimum Gasteiger partial charge on any atom is -0.366 e. The fourth-order valence-electron chi connectivity index (χ4n) is 3.08. The van der Waals surface area contributed by atoms with Crippen LogP contribution in [0.25, 0.3) is 11.3 Å². The highest BCUT2D eigenvalue weighted by Crippen LogP contribution is 2.27. The van der Waals surface area contributed by atoms with E-state index in [0.717, 1.165) is 22.5 Å². The van der Waals surface area contributed by atoms with Gasteiger partial charge in [-0.2, -0.15) is 5.26 Å². The number of nitrogens with zero attached hydrogens (tertiary/aromatic N) is 2. The fraction of sp³-hybridized carbons (Fsp3) is 0.143. The van der Waals surface area contributed by atoms with Crippen LogP contribution in [0.3, 0.4) is 0 Å². The summed E-state index contributed by atoms with van der Waals surface area (Å²) in [6, 6.07) is 19.6. The van der Waals surface area contributed by atoms with Crippen molar-refractivity contribution in [2.45, 2.75) is 20.4 Å². The molecule has 0 bridgehead atoms. The number of carbonyl (C=O) groups excluding carboxylic acids is 1. The van der Waals surface area contributed by atoms with Crippen molar-refractivity contribution in [1.82, 2.24) is 4.57 Å². The molecule has 4 nitrogen and oxygen atoms in total. The van der Waals surface area contributed by atoms with E-state index in [9.17, 15) is 4.79 Å². The van der Waals surface area contributed by atoms with Gasteiger partial charge in [0.2, 0.25) is 0 Å². The molecule has 3 aromatic rings. The third kappa shape index (κ3) is 3.31. The lowest BCUT2D eigenvalue weighted by Gasteiger charge is -2.13. The Morgan fingerprint density at radius 2 is 1.88 bits per heavy atom. The zero-order chi connectivity index (χ0) is 18.0. The normalized spacial score (nSPS) is 10.4. The van der Waals surface area contributed by atoms with Gasteiger partial charge >= 0.3 is 0 Å². The predicted molar refractivity (Wildman–Crippen MR) is 98.1 cm³/mol. The Labute approximate surface area is 147 Å². The smallest absolute Gasteiger partial charge is 0.250 e. The number of primary amides is 1. The molecule has 1 amide bonds. The minimum absolute atomic E-state index is 0.446. The molecule has 4 heteroatoms. The first-order valence-corrected chi connectivity index (χ1v) is 8.05. The molecule has 0 unspecified atom stereocenters. The highest BCUT2D eigenvalue weighted by Gasteiger charge is 2.17. The van der Waals surface area contributed by atoms with Crippen molar-refractivity contribution in [2.75, 3.05) is 0 Å². The lowest BCUT2D eigenvalue weighted by atomic mass is 10.1. The van der Waals surface area contributed by atoms with Crippen LogP contribution in [0.15, 0.2) is 54.6 Å². The largest absolute Gasteiger partial charge is 0.366 e. The minimum atomic E-state index is -0.446. The Morgan fingerprint density at radius 3 is 2.56 bits per heavy atom. The van der Waals surface area contributed by atoms with Crippen LogP contribution in [-0.2, 0) is 6.54 Å². The molecule has 0 radical (unpaired) electrons. The molecular weight excluding hydrogens is 310 g/mol. The van der Waals surface area contributed by atoms with Crippen LogP contribution in [0, 0.1) is 25.2 Å². The van der Waals surface area contributed by atoms with E-state index in [1.54, 1.807) is 6.07 Å². The number of hydrogen-bond donors (Lipinski definition) is 1. The van der Waals surface area contributed by atoms with Crippen LogP contribution in [0.2, 0.25) is 0 Å². The number of nitriles is 1. The van der Waals surface area contributed by atoms with E-state index >= 15 is 0 Å². The van der Waals surface area contributed by atoms with Gasteiger partial charge in [-0.3, -0.25) is 4.79 Å². The number of nitrogens with two attached hydrogens (primary N) is 1. The van der Waals surface area contributed by atoms with E-state index in [-0.39, 0.29) is 0 Å². The van der Waals surface area contributed by atoms with Gasteiger partial charge < -0.3 is 10.3 Å². The number of hydrogen-bond acceptors (Lipinski definition) is 2. The van der Waals surface area contributed by atoms with Crippen molar-refractivity contribution < 1.29 is 4.79 Å². The molecule has 0 aliphatic heterocycles. The van der Waals surface area contributed by atoms with Crippen LogP contribution in [0.4, 0.5) is 0 Å². The van der Waals surface area contributed by atoms with Crippen LogP contribution in [-0.4, -0.2) is 10.5 Å². The van der Waals surface area contributed by atoms with Gasteiger partial charge in [0.15, 0.2) is 0 Å². The number of aryl methyl sites for hydroxylation is 1. The SMILES string of the molecule is Cc1cccc(Cn2c(-c3cccc(C#N)c3)cc(C(N)=O)c2C)c1. The Balaban J connectivity index is 2.15. The number of amides is 1. The van der Waals surface area contributed by atoms with Gasteiger partial charge in [0, 0.05) is 17.9 Å². The molecule has 3 rings (SSSR count). The van der Waals surface area contributed by atoms with Crippen LogP contribution >= 0.6 is 0 Å². The third-order valence-electron chi connectivity index (χ3n) is 4.34. The molecule has 2 N–H and O–H groups in total. The molecule has 1 heterocycles. The van der Waals surface area contributed by atoms with E-state index in [2.05, 4.69) is 35.8 Å². The van der Waals surface area contributed by atoms with Gasteiger partial charge in [0.1, 0.15) is 0 Å².